The fourth-order valence-electron chi connectivity index (χ4n) is 4.57. The lowest BCUT2D eigenvalue weighted by molar-refractivity contribution is -0.286. The molecule has 6 rings (SSSR count). The Balaban J connectivity index is 1.17. The van der Waals surface area contributed by atoms with Gasteiger partial charge in [-0.1, -0.05) is 12.1 Å². The fourth-order valence-corrected chi connectivity index (χ4v) is 4.57. The van der Waals surface area contributed by atoms with Gasteiger partial charge >= 0.3 is 18.9 Å². The summed E-state index contributed by atoms with van der Waals surface area (Å²) in [6.45, 7) is -2.84. The van der Waals surface area contributed by atoms with Gasteiger partial charge in [0.15, 0.2) is 11.5 Å². The maximum absolute atomic E-state index is 13.6. The van der Waals surface area contributed by atoms with Gasteiger partial charge in [-0.25, -0.2) is 14.2 Å². The number of ether oxygens (including phenoxy) is 4. The summed E-state index contributed by atoms with van der Waals surface area (Å²) in [6, 6.07) is 21.4. The standard InChI is InChI=1S/C30H20F5N3O5/c31-19-4-1-17(2-5-19)24-16-38(37-27(24)18-3-14-25-26(15-18)43-30(34,35)42-25)29(39)36-20-6-8-21(9-7-20)40-22-10-12-23(13-11-22)41-28(32)33/h1-15,24,28H,16H2,(H,36,39). The zero-order chi connectivity index (χ0) is 30.1. The van der Waals surface area contributed by atoms with Crippen LogP contribution >= 0.6 is 0 Å². The van der Waals surface area contributed by atoms with Crippen molar-refractivity contribution in [3.8, 4) is 28.7 Å². The highest BCUT2D eigenvalue weighted by Gasteiger charge is 2.44. The summed E-state index contributed by atoms with van der Waals surface area (Å²) < 4.78 is 84.5. The van der Waals surface area contributed by atoms with Gasteiger partial charge in [0, 0.05) is 17.2 Å². The minimum Gasteiger partial charge on any atom is -0.457 e. The number of nitrogens with zero attached hydrogens (tertiary/aromatic N) is 2. The number of urea groups is 1. The summed E-state index contributed by atoms with van der Waals surface area (Å²) >= 11 is 0. The molecule has 2 amide bonds. The molecule has 0 aromatic heterocycles. The number of fused-ring (bicyclic) bond motifs is 1. The number of amides is 2. The number of alkyl halides is 4. The predicted molar refractivity (Wildman–Crippen MR) is 144 cm³/mol. The van der Waals surface area contributed by atoms with Crippen LogP contribution in [0.3, 0.4) is 0 Å². The molecule has 0 saturated carbocycles. The van der Waals surface area contributed by atoms with Crippen LogP contribution in [0.15, 0.2) is 96.1 Å². The zero-order valence-electron chi connectivity index (χ0n) is 21.8. The molecule has 1 unspecified atom stereocenters. The van der Waals surface area contributed by atoms with E-state index in [1.54, 1.807) is 36.4 Å². The molecule has 220 valence electrons. The minimum atomic E-state index is -3.79. The number of hydrogen-bond donors (Lipinski definition) is 1. The Morgan fingerprint density at radius 3 is 2.19 bits per heavy atom. The molecular weight excluding hydrogens is 577 g/mol. The molecule has 0 spiro atoms. The molecular formula is C30H20F5N3O5. The van der Waals surface area contributed by atoms with Crippen LogP contribution in [-0.2, 0) is 0 Å². The average Bonchev–Trinajstić information content (AvgIpc) is 3.55. The highest BCUT2D eigenvalue weighted by Crippen LogP contribution is 2.42. The van der Waals surface area contributed by atoms with Crippen molar-refractivity contribution in [2.75, 3.05) is 11.9 Å². The molecule has 1 atom stereocenters. The van der Waals surface area contributed by atoms with Crippen molar-refractivity contribution >= 4 is 17.4 Å². The van der Waals surface area contributed by atoms with Crippen molar-refractivity contribution in [2.45, 2.75) is 18.8 Å². The first kappa shape index (κ1) is 27.8. The van der Waals surface area contributed by atoms with Crippen molar-refractivity contribution in [3.63, 3.8) is 0 Å². The van der Waals surface area contributed by atoms with E-state index in [1.165, 1.54) is 59.6 Å². The smallest absolute Gasteiger partial charge is 0.457 e. The van der Waals surface area contributed by atoms with E-state index in [4.69, 9.17) is 4.74 Å². The number of carbonyl (C=O) groups excluding carboxylic acids is 1. The van der Waals surface area contributed by atoms with Crippen molar-refractivity contribution in [1.82, 2.24) is 5.01 Å². The van der Waals surface area contributed by atoms with E-state index in [0.29, 0.717) is 34.0 Å². The molecule has 13 heteroatoms. The number of rotatable bonds is 7. The molecule has 8 nitrogen and oxygen atoms in total. The van der Waals surface area contributed by atoms with Gasteiger partial charge in [0.2, 0.25) is 0 Å². The predicted octanol–water partition coefficient (Wildman–Crippen LogP) is 7.58. The van der Waals surface area contributed by atoms with E-state index in [9.17, 15) is 26.7 Å². The molecule has 0 bridgehead atoms. The molecule has 2 heterocycles. The van der Waals surface area contributed by atoms with E-state index in [1.807, 2.05) is 0 Å². The van der Waals surface area contributed by atoms with E-state index < -0.39 is 30.7 Å². The lowest BCUT2D eigenvalue weighted by atomic mass is 9.90. The fraction of sp³-hybridized carbons (Fsp3) is 0.133. The van der Waals surface area contributed by atoms with Crippen molar-refractivity contribution in [3.05, 3.63) is 108 Å². The number of hydrogen-bond acceptors (Lipinski definition) is 6. The molecule has 0 saturated heterocycles. The van der Waals surface area contributed by atoms with Gasteiger partial charge in [-0.3, -0.25) is 0 Å². The Kier molecular flexibility index (Phi) is 7.22. The first-order valence-corrected chi connectivity index (χ1v) is 12.8. The quantitative estimate of drug-likeness (QED) is 0.222. The van der Waals surface area contributed by atoms with E-state index in [-0.39, 0.29) is 23.8 Å². The number of benzene rings is 4. The monoisotopic (exact) mass is 597 g/mol. The Morgan fingerprint density at radius 2 is 1.51 bits per heavy atom. The maximum Gasteiger partial charge on any atom is 0.586 e. The van der Waals surface area contributed by atoms with Crippen LogP contribution in [0.1, 0.15) is 17.0 Å². The molecule has 0 radical (unpaired) electrons. The summed E-state index contributed by atoms with van der Waals surface area (Å²) in [5.74, 6) is -0.444. The van der Waals surface area contributed by atoms with Crippen LogP contribution < -0.4 is 24.3 Å². The lowest BCUT2D eigenvalue weighted by Gasteiger charge is -2.16. The zero-order valence-corrected chi connectivity index (χ0v) is 21.8. The third-order valence-corrected chi connectivity index (χ3v) is 6.51. The summed E-state index contributed by atoms with van der Waals surface area (Å²) in [7, 11) is 0. The summed E-state index contributed by atoms with van der Waals surface area (Å²) in [5.41, 5.74) is 1.89. The van der Waals surface area contributed by atoms with Crippen molar-refractivity contribution in [2.24, 2.45) is 5.10 Å². The molecule has 0 aliphatic carbocycles. The third kappa shape index (κ3) is 6.30. The van der Waals surface area contributed by atoms with Gasteiger partial charge in [-0.15, -0.1) is 8.78 Å². The van der Waals surface area contributed by atoms with Gasteiger partial charge < -0.3 is 24.3 Å². The van der Waals surface area contributed by atoms with Gasteiger partial charge in [0.05, 0.1) is 12.3 Å². The van der Waals surface area contributed by atoms with Crippen LogP contribution in [-0.4, -0.2) is 36.2 Å². The Labute approximate surface area is 240 Å². The largest absolute Gasteiger partial charge is 0.586 e. The summed E-state index contributed by atoms with van der Waals surface area (Å²) in [4.78, 5) is 13.2. The number of carbonyl (C=O) groups is 1. The summed E-state index contributed by atoms with van der Waals surface area (Å²) in [6.07, 6.45) is -3.79. The average molecular weight is 597 g/mol. The number of nitrogens with one attached hydrogen (secondary N) is 1. The minimum absolute atomic E-state index is 0.00474. The van der Waals surface area contributed by atoms with Crippen LogP contribution in [0, 0.1) is 5.82 Å². The highest BCUT2D eigenvalue weighted by molar-refractivity contribution is 6.08. The number of halogens is 5. The van der Waals surface area contributed by atoms with E-state index in [0.717, 1.165) is 0 Å². The number of hydrazone groups is 1. The molecule has 2 aliphatic rings. The highest BCUT2D eigenvalue weighted by atomic mass is 19.3. The first-order valence-electron chi connectivity index (χ1n) is 12.8. The Hall–Kier alpha value is -5.33. The first-order chi connectivity index (χ1) is 20.6. The second-order valence-electron chi connectivity index (χ2n) is 9.41. The normalized spacial score (nSPS) is 16.7. The Bertz CT molecular complexity index is 1670. The molecule has 0 fully saturated rings. The van der Waals surface area contributed by atoms with Crippen LogP contribution in [0.25, 0.3) is 0 Å². The van der Waals surface area contributed by atoms with Crippen LogP contribution in [0.5, 0.6) is 28.7 Å². The second kappa shape index (κ2) is 11.2. The second-order valence-corrected chi connectivity index (χ2v) is 9.41. The molecule has 43 heavy (non-hydrogen) atoms. The maximum atomic E-state index is 13.6. The van der Waals surface area contributed by atoms with Crippen molar-refractivity contribution < 1.29 is 45.7 Å². The SMILES string of the molecule is O=C(Nc1ccc(Oc2ccc(OC(F)F)cc2)cc1)N1CC(c2ccc(F)cc2)C(c2ccc3c(c2)OC(F)(F)O3)=N1. The molecule has 4 aromatic carbocycles. The van der Waals surface area contributed by atoms with E-state index >= 15 is 0 Å². The van der Waals surface area contributed by atoms with Crippen LogP contribution in [0.2, 0.25) is 0 Å². The third-order valence-electron chi connectivity index (χ3n) is 6.51. The summed E-state index contributed by atoms with van der Waals surface area (Å²) in [5, 5.41) is 8.40. The molecule has 1 N–H and O–H groups in total. The number of anilines is 1. The molecule has 4 aromatic rings. The van der Waals surface area contributed by atoms with Gasteiger partial charge in [0.1, 0.15) is 23.1 Å². The lowest BCUT2D eigenvalue weighted by Crippen LogP contribution is -2.30. The van der Waals surface area contributed by atoms with Crippen molar-refractivity contribution in [1.29, 1.82) is 0 Å². The topological polar surface area (TPSA) is 81.6 Å². The van der Waals surface area contributed by atoms with Crippen LogP contribution in [0.4, 0.5) is 32.4 Å². The van der Waals surface area contributed by atoms with Gasteiger partial charge in [-0.2, -0.15) is 13.9 Å². The Morgan fingerprint density at radius 1 is 0.884 bits per heavy atom. The van der Waals surface area contributed by atoms with Gasteiger partial charge in [0.25, 0.3) is 0 Å². The molecule has 2 aliphatic heterocycles. The van der Waals surface area contributed by atoms with Gasteiger partial charge in [-0.05, 0) is 84.4 Å². The van der Waals surface area contributed by atoms with E-state index in [2.05, 4.69) is 24.6 Å².